The van der Waals surface area contributed by atoms with Crippen molar-refractivity contribution in [3.63, 3.8) is 0 Å². The molecule has 2 saturated carbocycles. The van der Waals surface area contributed by atoms with E-state index in [0.717, 1.165) is 24.3 Å². The molecule has 0 bridgehead atoms. The third-order valence-electron chi connectivity index (χ3n) is 13.5. The third-order valence-corrected chi connectivity index (χ3v) is 16.5. The van der Waals surface area contributed by atoms with Crippen molar-refractivity contribution in [2.75, 3.05) is 6.54 Å². The predicted octanol–water partition coefficient (Wildman–Crippen LogP) is 8.87. The number of thiazole rings is 1. The summed E-state index contributed by atoms with van der Waals surface area (Å²) in [7, 11) is -4.05. The molecule has 4 heterocycles. The van der Waals surface area contributed by atoms with E-state index in [1.165, 1.54) is 16.2 Å². The molecule has 0 radical (unpaired) electrons. The predicted molar refractivity (Wildman–Crippen MR) is 242 cm³/mol. The molecular weight excluding hydrogens is 898 g/mol. The standard InChI is InChI=1S/C48H59F3N4O9S2/c1-28(2)62-33-14-12-31(13-15-33)37-19-34(20-38(53-37)41-25-52-27-65-41)63-35-21-39-40(56)24-47(44(59)54-66(60,61)46(7)16-17-46)23-32(47)11-9-8-10-29(3)18-30(4)36(43(58)55(39)26-35)22-42(57)64-45(5,6)48(49,50)51/h9,11-15,19-20,25,27-30,32,35-36,39H,8,10,16-18,21-24,26H2,1-7H3,(H,54,59)/b11-9-/t29-,30+,32+,35+,36-,39-,47+/m0/s1. The molecule has 13 nitrogen and oxygen atoms in total. The minimum atomic E-state index is -4.88. The number of ether oxygens (including phenoxy) is 3. The summed E-state index contributed by atoms with van der Waals surface area (Å²) in [5.41, 5.74) is -0.670. The van der Waals surface area contributed by atoms with E-state index in [-0.39, 0.29) is 37.8 Å². The van der Waals surface area contributed by atoms with Crippen LogP contribution in [0.15, 0.2) is 60.3 Å². The Morgan fingerprint density at radius 1 is 1.03 bits per heavy atom. The quantitative estimate of drug-likeness (QED) is 0.136. The molecule has 2 aromatic heterocycles. The van der Waals surface area contributed by atoms with Gasteiger partial charge in [0, 0.05) is 36.7 Å². The lowest BCUT2D eigenvalue weighted by Gasteiger charge is -2.33. The molecule has 1 N–H and O–H groups in total. The first-order chi connectivity index (χ1) is 30.9. The van der Waals surface area contributed by atoms with Crippen molar-refractivity contribution in [3.05, 3.63) is 60.3 Å². The Balaban J connectivity index is 1.24. The lowest BCUT2D eigenvalue weighted by Crippen LogP contribution is -2.48. The molecule has 7 rings (SSSR count). The number of carbonyl (C=O) groups is 4. The number of rotatable bonds is 12. The molecule has 4 aliphatic rings. The summed E-state index contributed by atoms with van der Waals surface area (Å²) in [6.45, 7) is 10.5. The topological polar surface area (TPSA) is 171 Å². The lowest BCUT2D eigenvalue weighted by molar-refractivity contribution is -0.257. The maximum atomic E-state index is 15.1. The van der Waals surface area contributed by atoms with Crippen molar-refractivity contribution in [2.45, 2.75) is 141 Å². The number of amides is 2. The van der Waals surface area contributed by atoms with Crippen molar-refractivity contribution in [1.82, 2.24) is 19.6 Å². The minimum absolute atomic E-state index is 0.00375. The van der Waals surface area contributed by atoms with Gasteiger partial charge in [0.1, 0.15) is 17.6 Å². The molecule has 2 aliphatic heterocycles. The molecule has 3 aromatic rings. The Morgan fingerprint density at radius 2 is 1.73 bits per heavy atom. The van der Waals surface area contributed by atoms with E-state index in [4.69, 9.17) is 19.2 Å². The van der Waals surface area contributed by atoms with Crippen molar-refractivity contribution in [3.8, 4) is 33.3 Å². The number of sulfonamides is 1. The summed E-state index contributed by atoms with van der Waals surface area (Å²) >= 11 is 1.38. The van der Waals surface area contributed by atoms with Crippen LogP contribution in [-0.2, 0) is 33.9 Å². The Bertz CT molecular complexity index is 2440. The molecule has 0 unspecified atom stereocenters. The maximum absolute atomic E-state index is 15.1. The number of hydrogen-bond acceptors (Lipinski definition) is 12. The van der Waals surface area contributed by atoms with E-state index < -0.39 is 91.8 Å². The first kappa shape index (κ1) is 49.1. The highest BCUT2D eigenvalue weighted by Crippen LogP contribution is 2.58. The van der Waals surface area contributed by atoms with Gasteiger partial charge in [-0.15, -0.1) is 11.3 Å². The summed E-state index contributed by atoms with van der Waals surface area (Å²) in [5, 5.41) is 0. The molecule has 1 saturated heterocycles. The summed E-state index contributed by atoms with van der Waals surface area (Å²) in [6, 6.07) is 9.70. The second-order valence-corrected chi connectivity index (χ2v) is 22.8. The van der Waals surface area contributed by atoms with Gasteiger partial charge in [0.25, 0.3) is 0 Å². The third kappa shape index (κ3) is 10.8. The van der Waals surface area contributed by atoms with Crippen molar-refractivity contribution >= 4 is 44.9 Å². The molecule has 0 spiro atoms. The smallest absolute Gasteiger partial charge is 0.427 e. The van der Waals surface area contributed by atoms with Gasteiger partial charge in [0.2, 0.25) is 27.4 Å². The molecule has 1 aromatic carbocycles. The normalized spacial score (nSPS) is 27.5. The summed E-state index contributed by atoms with van der Waals surface area (Å²) in [4.78, 5) is 68.7. The zero-order chi connectivity index (χ0) is 48.0. The molecule has 66 heavy (non-hydrogen) atoms. The summed E-state index contributed by atoms with van der Waals surface area (Å²) in [6.07, 6.45) is 1.34. The number of fused-ring (bicyclic) bond motifs is 2. The van der Waals surface area contributed by atoms with Gasteiger partial charge in [-0.2, -0.15) is 13.2 Å². The summed E-state index contributed by atoms with van der Waals surface area (Å²) in [5.74, 6) is -4.21. The van der Waals surface area contributed by atoms with Crippen LogP contribution in [0, 0.1) is 29.1 Å². The van der Waals surface area contributed by atoms with Gasteiger partial charge in [-0.3, -0.25) is 28.9 Å². The van der Waals surface area contributed by atoms with Crippen LogP contribution in [0.2, 0.25) is 0 Å². The van der Waals surface area contributed by atoms with E-state index in [1.807, 2.05) is 57.2 Å². The SMILES string of the molecule is CC(C)Oc1ccc(-c2cc(O[C@@H]3C[C@H]4C(=O)C[C@]5(C(=O)NS(=O)(=O)C6(C)CC6)C[C@H]5/C=C\CC[C@H](C)C[C@@H](C)[C@H](CC(=O)OC(C)(C)C(F)(F)F)C(=O)N4C3)cc(-c3cncs3)n2)cc1. The van der Waals surface area contributed by atoms with Crippen LogP contribution in [0.5, 0.6) is 11.5 Å². The summed E-state index contributed by atoms with van der Waals surface area (Å²) < 4.78 is 87.1. The number of pyridine rings is 1. The van der Waals surface area contributed by atoms with Gasteiger partial charge in [0.15, 0.2) is 5.78 Å². The van der Waals surface area contributed by atoms with Gasteiger partial charge < -0.3 is 19.1 Å². The van der Waals surface area contributed by atoms with E-state index in [1.54, 1.807) is 37.7 Å². The lowest BCUT2D eigenvalue weighted by atomic mass is 9.82. The zero-order valence-electron chi connectivity index (χ0n) is 38.4. The van der Waals surface area contributed by atoms with Gasteiger partial charge >= 0.3 is 12.1 Å². The van der Waals surface area contributed by atoms with Crippen molar-refractivity contribution in [1.29, 1.82) is 0 Å². The van der Waals surface area contributed by atoms with Crippen molar-refractivity contribution in [2.24, 2.45) is 29.1 Å². The van der Waals surface area contributed by atoms with Crippen molar-refractivity contribution < 1.29 is 55.0 Å². The number of allylic oxidation sites excluding steroid dienone is 2. The Kier molecular flexibility index (Phi) is 13.9. The monoisotopic (exact) mass is 956 g/mol. The number of aromatic nitrogens is 2. The number of nitrogens with zero attached hydrogens (tertiary/aromatic N) is 3. The molecule has 18 heteroatoms. The fourth-order valence-electron chi connectivity index (χ4n) is 9.01. The number of benzene rings is 1. The number of alkyl halides is 3. The first-order valence-electron chi connectivity index (χ1n) is 22.6. The number of hydrogen-bond donors (Lipinski definition) is 1. The van der Waals surface area contributed by atoms with Gasteiger partial charge in [-0.25, -0.2) is 13.4 Å². The second-order valence-electron chi connectivity index (χ2n) is 19.7. The van der Waals surface area contributed by atoms with Crippen LogP contribution in [0.25, 0.3) is 21.8 Å². The first-order valence-corrected chi connectivity index (χ1v) is 25.0. The highest BCUT2D eigenvalue weighted by atomic mass is 32.2. The van der Waals surface area contributed by atoms with E-state index in [2.05, 4.69) is 9.71 Å². The molecule has 7 atom stereocenters. The van der Waals surface area contributed by atoms with Crippen LogP contribution >= 0.6 is 11.3 Å². The molecular formula is C48H59F3N4O9S2. The van der Waals surface area contributed by atoms with E-state index in [0.29, 0.717) is 55.0 Å². The second kappa shape index (κ2) is 18.7. The van der Waals surface area contributed by atoms with E-state index >= 15 is 4.79 Å². The van der Waals surface area contributed by atoms with Crippen LogP contribution in [0.3, 0.4) is 0 Å². The largest absolute Gasteiger partial charge is 0.491 e. The highest BCUT2D eigenvalue weighted by molar-refractivity contribution is 7.91. The van der Waals surface area contributed by atoms with Gasteiger partial charge in [-0.1, -0.05) is 26.0 Å². The number of ketones is 1. The number of esters is 1. The fourth-order valence-corrected chi connectivity index (χ4v) is 10.9. The van der Waals surface area contributed by atoms with E-state index in [9.17, 15) is 36.0 Å². The van der Waals surface area contributed by atoms with Crippen LogP contribution < -0.4 is 14.2 Å². The van der Waals surface area contributed by atoms with Gasteiger partial charge in [-0.05, 0) is 115 Å². The Hall–Kier alpha value is -4.84. The average Bonchev–Trinajstić information content (AvgIpc) is 3.98. The highest BCUT2D eigenvalue weighted by Gasteiger charge is 2.63. The molecule has 3 fully saturated rings. The molecule has 358 valence electrons. The zero-order valence-corrected chi connectivity index (χ0v) is 40.0. The van der Waals surface area contributed by atoms with Crippen LogP contribution in [0.1, 0.15) is 106 Å². The average molecular weight is 957 g/mol. The number of Topliss-reactive ketones (excluding diaryl/α,β-unsaturated/α-hetero) is 1. The number of halogens is 3. The minimum Gasteiger partial charge on any atom is -0.491 e. The number of carbonyl (C=O) groups excluding carboxylic acids is 4. The molecule has 2 amide bonds. The van der Waals surface area contributed by atoms with Gasteiger partial charge in [0.05, 0.1) is 63.0 Å². The maximum Gasteiger partial charge on any atom is 0.427 e. The Labute approximate surface area is 388 Å². The van der Waals surface area contributed by atoms with Crippen LogP contribution in [0.4, 0.5) is 13.2 Å². The molecule has 2 aliphatic carbocycles. The number of nitrogens with one attached hydrogen (secondary N) is 1. The Morgan fingerprint density at radius 3 is 2.36 bits per heavy atom. The fraction of sp³-hybridized carbons (Fsp3) is 0.583. The van der Waals surface area contributed by atoms with Crippen LogP contribution in [-0.4, -0.2) is 88.2 Å².